The minimum Gasteiger partial charge on any atom is -0.493 e. The van der Waals surface area contributed by atoms with Crippen molar-refractivity contribution in [1.29, 1.82) is 0 Å². The molecule has 0 radical (unpaired) electrons. The number of pyridine rings is 1. The Morgan fingerprint density at radius 1 is 1.00 bits per heavy atom. The van der Waals surface area contributed by atoms with E-state index in [4.69, 9.17) is 14.2 Å². The Labute approximate surface area is 240 Å². The monoisotopic (exact) mass is 574 g/mol. The second-order valence-corrected chi connectivity index (χ2v) is 9.30. The van der Waals surface area contributed by atoms with Gasteiger partial charge >= 0.3 is 6.03 Å². The Bertz CT molecular complexity index is 1630. The van der Waals surface area contributed by atoms with Crippen LogP contribution in [0.4, 0.5) is 20.6 Å². The molecule has 4 aromatic rings. The molecule has 0 saturated carbocycles. The van der Waals surface area contributed by atoms with Crippen LogP contribution >= 0.6 is 0 Å². The van der Waals surface area contributed by atoms with E-state index in [9.17, 15) is 23.9 Å². The number of nitrogens with one attached hydrogen (secondary N) is 1. The van der Waals surface area contributed by atoms with E-state index in [-0.39, 0.29) is 25.4 Å². The number of nitrogens with zero attached hydrogens (tertiary/aromatic N) is 3. The van der Waals surface area contributed by atoms with Gasteiger partial charge < -0.3 is 29.5 Å². The molecule has 3 aromatic carbocycles. The normalized spacial score (nSPS) is 15.1. The third kappa shape index (κ3) is 5.65. The van der Waals surface area contributed by atoms with E-state index in [1.165, 1.54) is 24.1 Å². The number of urea groups is 1. The lowest BCUT2D eigenvalue weighted by atomic mass is 10.0. The number of hydrogen-bond donors (Lipinski definition) is 2. The van der Waals surface area contributed by atoms with Crippen molar-refractivity contribution in [3.05, 3.63) is 78.7 Å². The van der Waals surface area contributed by atoms with Crippen LogP contribution in [0.1, 0.15) is 0 Å². The molecule has 11 nitrogen and oxygen atoms in total. The van der Waals surface area contributed by atoms with Crippen molar-refractivity contribution in [1.82, 2.24) is 9.88 Å². The van der Waals surface area contributed by atoms with Crippen molar-refractivity contribution in [3.8, 4) is 23.0 Å². The lowest BCUT2D eigenvalue weighted by Crippen LogP contribution is -2.60. The molecule has 0 spiro atoms. The molecular formula is C30H27FN4O7. The fraction of sp³-hybridized carbons (Fsp3) is 0.200. The zero-order valence-electron chi connectivity index (χ0n) is 22.7. The molecule has 1 atom stereocenters. The van der Waals surface area contributed by atoms with Gasteiger partial charge in [0.25, 0.3) is 0 Å². The number of aromatic nitrogens is 1. The van der Waals surface area contributed by atoms with Crippen LogP contribution < -0.4 is 24.4 Å². The quantitative estimate of drug-likeness (QED) is 0.285. The lowest BCUT2D eigenvalue weighted by Gasteiger charge is -2.37. The average Bonchev–Trinajstić information content (AvgIpc) is 3.00. The second-order valence-electron chi connectivity index (χ2n) is 9.30. The molecule has 2 heterocycles. The summed E-state index contributed by atoms with van der Waals surface area (Å²) in [6.45, 7) is -0.658. The SMILES string of the molecule is COc1cc2nccc(Oc3ccc(NC(=O)C4CN(CCO)C(=O)N(c5ccc(F)cc5)C4=O)cc3)c2cc1OC. The summed E-state index contributed by atoms with van der Waals surface area (Å²) in [5, 5.41) is 12.8. The fourth-order valence-electron chi connectivity index (χ4n) is 4.60. The summed E-state index contributed by atoms with van der Waals surface area (Å²) in [6.07, 6.45) is 1.61. The summed E-state index contributed by atoms with van der Waals surface area (Å²) in [7, 11) is 3.08. The maximum absolute atomic E-state index is 13.5. The molecular weight excluding hydrogens is 547 g/mol. The molecule has 216 valence electrons. The van der Waals surface area contributed by atoms with Crippen LogP contribution in [0, 0.1) is 11.7 Å². The Balaban J connectivity index is 1.33. The number of β-amino-alcohol motifs (C(OH)–C–C–N with tert-alkyl or cyclic N) is 1. The van der Waals surface area contributed by atoms with Crippen molar-refractivity contribution < 1.29 is 38.1 Å². The van der Waals surface area contributed by atoms with Gasteiger partial charge in [-0.05, 0) is 60.7 Å². The van der Waals surface area contributed by atoms with E-state index in [0.717, 1.165) is 17.0 Å². The molecule has 0 bridgehead atoms. The van der Waals surface area contributed by atoms with Crippen molar-refractivity contribution in [3.63, 3.8) is 0 Å². The number of imide groups is 1. The van der Waals surface area contributed by atoms with Crippen LogP contribution in [-0.2, 0) is 9.59 Å². The molecule has 1 aliphatic rings. The Kier molecular flexibility index (Phi) is 8.16. The van der Waals surface area contributed by atoms with Gasteiger partial charge in [-0.1, -0.05) is 0 Å². The van der Waals surface area contributed by atoms with Gasteiger partial charge in [0.1, 0.15) is 23.2 Å². The summed E-state index contributed by atoms with van der Waals surface area (Å²) in [4.78, 5) is 45.8. The van der Waals surface area contributed by atoms with Crippen molar-refractivity contribution >= 4 is 40.1 Å². The number of amides is 4. The van der Waals surface area contributed by atoms with Crippen molar-refractivity contribution in [2.24, 2.45) is 5.92 Å². The number of aliphatic hydroxyl groups excluding tert-OH is 1. The number of carbonyl (C=O) groups excluding carboxylic acids is 3. The number of carbonyl (C=O) groups is 3. The van der Waals surface area contributed by atoms with E-state index in [0.29, 0.717) is 39.6 Å². The highest BCUT2D eigenvalue weighted by molar-refractivity contribution is 6.23. The molecule has 1 saturated heterocycles. The van der Waals surface area contributed by atoms with Crippen LogP contribution in [0.15, 0.2) is 72.9 Å². The molecule has 2 N–H and O–H groups in total. The molecule has 1 unspecified atom stereocenters. The van der Waals surface area contributed by atoms with Crippen molar-refractivity contribution in [2.45, 2.75) is 0 Å². The smallest absolute Gasteiger partial charge is 0.331 e. The van der Waals surface area contributed by atoms with E-state index in [2.05, 4.69) is 10.3 Å². The van der Waals surface area contributed by atoms with Gasteiger partial charge in [-0.2, -0.15) is 0 Å². The lowest BCUT2D eigenvalue weighted by molar-refractivity contribution is -0.132. The summed E-state index contributed by atoms with van der Waals surface area (Å²) in [5.41, 5.74) is 1.16. The molecule has 42 heavy (non-hydrogen) atoms. The highest BCUT2D eigenvalue weighted by Gasteiger charge is 2.43. The summed E-state index contributed by atoms with van der Waals surface area (Å²) < 4.78 is 30.3. The maximum Gasteiger partial charge on any atom is 0.331 e. The maximum atomic E-state index is 13.5. The number of benzene rings is 3. The third-order valence-corrected chi connectivity index (χ3v) is 6.71. The molecule has 1 aliphatic heterocycles. The Morgan fingerprint density at radius 3 is 2.36 bits per heavy atom. The minimum absolute atomic E-state index is 0.0814. The molecule has 1 aromatic heterocycles. The molecule has 4 amide bonds. The number of ether oxygens (including phenoxy) is 3. The fourth-order valence-corrected chi connectivity index (χ4v) is 4.60. The number of halogens is 1. The first kappa shape index (κ1) is 28.3. The summed E-state index contributed by atoms with van der Waals surface area (Å²) >= 11 is 0. The number of aliphatic hydroxyl groups is 1. The predicted molar refractivity (Wildman–Crippen MR) is 151 cm³/mol. The summed E-state index contributed by atoms with van der Waals surface area (Å²) in [6, 6.07) is 15.8. The number of rotatable bonds is 9. The van der Waals surface area contributed by atoms with E-state index in [1.807, 2.05) is 0 Å². The van der Waals surface area contributed by atoms with Crippen LogP contribution in [-0.4, -0.2) is 66.8 Å². The van der Waals surface area contributed by atoms with Gasteiger partial charge in [-0.15, -0.1) is 0 Å². The highest BCUT2D eigenvalue weighted by atomic mass is 19.1. The predicted octanol–water partition coefficient (Wildman–Crippen LogP) is 4.20. The minimum atomic E-state index is -1.26. The first-order valence-electron chi connectivity index (χ1n) is 12.9. The Morgan fingerprint density at radius 2 is 1.69 bits per heavy atom. The molecule has 12 heteroatoms. The van der Waals surface area contributed by atoms with Gasteiger partial charge in [-0.3, -0.25) is 14.6 Å². The number of hydrogen-bond acceptors (Lipinski definition) is 8. The van der Waals surface area contributed by atoms with Crippen LogP contribution in [0.3, 0.4) is 0 Å². The van der Waals surface area contributed by atoms with Gasteiger partial charge in [0.2, 0.25) is 11.8 Å². The van der Waals surface area contributed by atoms with Gasteiger partial charge in [-0.25, -0.2) is 14.1 Å². The first-order valence-corrected chi connectivity index (χ1v) is 12.9. The number of methoxy groups -OCH3 is 2. The van der Waals surface area contributed by atoms with E-state index >= 15 is 0 Å². The molecule has 5 rings (SSSR count). The van der Waals surface area contributed by atoms with Crippen LogP contribution in [0.25, 0.3) is 10.9 Å². The second kappa shape index (κ2) is 12.1. The zero-order valence-corrected chi connectivity index (χ0v) is 22.7. The van der Waals surface area contributed by atoms with E-state index in [1.54, 1.807) is 55.8 Å². The number of fused-ring (bicyclic) bond motifs is 1. The largest absolute Gasteiger partial charge is 0.493 e. The first-order chi connectivity index (χ1) is 20.3. The van der Waals surface area contributed by atoms with Gasteiger partial charge in [0.05, 0.1) is 32.0 Å². The van der Waals surface area contributed by atoms with Crippen LogP contribution in [0.5, 0.6) is 23.0 Å². The number of anilines is 2. The molecule has 0 aliphatic carbocycles. The van der Waals surface area contributed by atoms with E-state index < -0.39 is 29.6 Å². The summed E-state index contributed by atoms with van der Waals surface area (Å²) in [5.74, 6) is -1.13. The highest BCUT2D eigenvalue weighted by Crippen LogP contribution is 2.37. The zero-order chi connectivity index (χ0) is 29.8. The van der Waals surface area contributed by atoms with Crippen LogP contribution in [0.2, 0.25) is 0 Å². The van der Waals surface area contributed by atoms with Crippen molar-refractivity contribution in [2.75, 3.05) is 44.1 Å². The topological polar surface area (TPSA) is 131 Å². The average molecular weight is 575 g/mol. The van der Waals surface area contributed by atoms with Gasteiger partial charge in [0.15, 0.2) is 11.5 Å². The Hall–Kier alpha value is -5.23. The molecule has 1 fully saturated rings. The van der Waals surface area contributed by atoms with Gasteiger partial charge in [0, 0.05) is 36.4 Å². The standard InChI is InChI=1S/C30H27FN4O7/c1-40-26-15-22-24(16-27(26)41-2)32-12-11-25(22)42-21-9-5-19(6-10-21)33-28(37)23-17-34(13-14-36)30(39)35(29(23)38)20-7-3-18(31)4-8-20/h3-12,15-16,23,36H,13-14,17H2,1-2H3,(H,33,37). The third-order valence-electron chi connectivity index (χ3n) is 6.71.